The fourth-order valence-electron chi connectivity index (χ4n) is 1.38. The van der Waals surface area contributed by atoms with Crippen LogP contribution in [0.1, 0.15) is 0 Å². The molecule has 19 heavy (non-hydrogen) atoms. The van der Waals surface area contributed by atoms with Gasteiger partial charge in [0.15, 0.2) is 0 Å². The number of ketones is 1. The number of Topliss-reactive ketones (excluding diaryl/α,β-unsaturated/α-hetero) is 1. The van der Waals surface area contributed by atoms with Crippen LogP contribution in [0.25, 0.3) is 10.9 Å². The van der Waals surface area contributed by atoms with E-state index in [0.717, 1.165) is 5.52 Å². The Morgan fingerprint density at radius 3 is 2.37 bits per heavy atom. The monoisotopic (exact) mass is 255 g/mol. The van der Waals surface area contributed by atoms with Gasteiger partial charge in [0, 0.05) is 11.6 Å². The Balaban J connectivity index is 0.000000141. The number of aliphatic imine (C=N–C) groups is 1. The minimum atomic E-state index is -0.921. The van der Waals surface area contributed by atoms with Gasteiger partial charge in [0.2, 0.25) is 0 Å². The topological polar surface area (TPSA) is 88.5 Å². The minimum Gasteiger partial charge on any atom is -0.282 e. The molecule has 3 amide bonds. The average Bonchev–Trinajstić information content (AvgIpc) is 2.44. The van der Waals surface area contributed by atoms with Crippen molar-refractivity contribution in [2.24, 2.45) is 4.99 Å². The van der Waals surface area contributed by atoms with Crippen molar-refractivity contribution < 1.29 is 14.4 Å². The number of nitrogens with one attached hydrogen (secondary N) is 1. The lowest BCUT2D eigenvalue weighted by Gasteiger charge is -1.99. The zero-order chi connectivity index (χ0) is 13.7. The zero-order valence-corrected chi connectivity index (χ0v) is 9.74. The third-order valence-corrected chi connectivity index (χ3v) is 2.26. The number of urea groups is 1. The second-order valence-corrected chi connectivity index (χ2v) is 3.58. The summed E-state index contributed by atoms with van der Waals surface area (Å²) in [6.07, 6.45) is 2.50. The smallest absolute Gasteiger partial charge is 0.282 e. The lowest BCUT2D eigenvalue weighted by Crippen LogP contribution is -2.38. The molecule has 0 aliphatic carbocycles. The molecule has 0 fully saturated rings. The highest BCUT2D eigenvalue weighted by Crippen LogP contribution is 2.07. The van der Waals surface area contributed by atoms with Gasteiger partial charge in [-0.3, -0.25) is 19.9 Å². The first-order valence-electron chi connectivity index (χ1n) is 5.40. The molecule has 0 atom stereocenters. The van der Waals surface area contributed by atoms with Crippen molar-refractivity contribution in [3.05, 3.63) is 42.6 Å². The molecule has 94 valence electrons. The van der Waals surface area contributed by atoms with Crippen LogP contribution in [0.5, 0.6) is 0 Å². The van der Waals surface area contributed by atoms with Crippen LogP contribution in [0.2, 0.25) is 0 Å². The van der Waals surface area contributed by atoms with E-state index in [2.05, 4.69) is 22.1 Å². The molecule has 3 rings (SSSR count). The Kier molecular flexibility index (Phi) is 3.72. The summed E-state index contributed by atoms with van der Waals surface area (Å²) in [5.41, 5.74) is 1.06. The van der Waals surface area contributed by atoms with Crippen molar-refractivity contribution in [1.29, 1.82) is 0 Å². The van der Waals surface area contributed by atoms with Gasteiger partial charge in [-0.15, -0.1) is 0 Å². The van der Waals surface area contributed by atoms with E-state index in [1.807, 2.05) is 30.5 Å². The third-order valence-electron chi connectivity index (χ3n) is 2.26. The highest BCUT2D eigenvalue weighted by molar-refractivity contribution is 6.61. The Morgan fingerprint density at radius 2 is 1.68 bits per heavy atom. The van der Waals surface area contributed by atoms with E-state index < -0.39 is 17.7 Å². The molecule has 1 aliphatic heterocycles. The molecule has 6 heteroatoms. The predicted molar refractivity (Wildman–Crippen MR) is 68.8 cm³/mol. The molecule has 2 aromatic rings. The highest BCUT2D eigenvalue weighted by atomic mass is 16.2. The minimum absolute atomic E-state index is 0.696. The quantitative estimate of drug-likeness (QED) is 0.714. The summed E-state index contributed by atoms with van der Waals surface area (Å²) in [4.78, 5) is 37.8. The number of fused-ring (bicyclic) bond motifs is 1. The van der Waals surface area contributed by atoms with Crippen LogP contribution in [0, 0.1) is 0 Å². The molecule has 1 aliphatic rings. The van der Waals surface area contributed by atoms with Crippen molar-refractivity contribution in [3.8, 4) is 0 Å². The van der Waals surface area contributed by atoms with E-state index in [1.54, 1.807) is 5.32 Å². The van der Waals surface area contributed by atoms with Gasteiger partial charge in [-0.25, -0.2) is 4.79 Å². The van der Waals surface area contributed by atoms with E-state index in [-0.39, 0.29) is 0 Å². The maximum Gasteiger partial charge on any atom is 0.348 e. The van der Waals surface area contributed by atoms with Gasteiger partial charge >= 0.3 is 11.9 Å². The highest BCUT2D eigenvalue weighted by Gasteiger charge is 2.18. The van der Waals surface area contributed by atoms with Gasteiger partial charge in [0.05, 0.1) is 11.7 Å². The van der Waals surface area contributed by atoms with Crippen molar-refractivity contribution in [3.63, 3.8) is 0 Å². The van der Waals surface area contributed by atoms with Gasteiger partial charge < -0.3 is 0 Å². The SMILES string of the molecule is O=C1N=CC(=O)C(=O)N1.c1ccc2ncccc2c1. The molecule has 1 aromatic carbocycles. The number of aromatic nitrogens is 1. The summed E-state index contributed by atoms with van der Waals surface area (Å²) in [7, 11) is 0. The fraction of sp³-hybridized carbons (Fsp3) is 0. The normalized spacial score (nSPS) is 13.8. The van der Waals surface area contributed by atoms with Crippen molar-refractivity contribution in [2.45, 2.75) is 0 Å². The Bertz CT molecular complexity index is 614. The van der Waals surface area contributed by atoms with Crippen LogP contribution in [-0.4, -0.2) is 28.9 Å². The number of pyridine rings is 1. The molecule has 2 heterocycles. The van der Waals surface area contributed by atoms with Crippen molar-refractivity contribution >= 4 is 34.8 Å². The van der Waals surface area contributed by atoms with Crippen LogP contribution in [0.15, 0.2) is 47.6 Å². The molecule has 0 saturated carbocycles. The molecule has 0 spiro atoms. The second kappa shape index (κ2) is 5.63. The molecular formula is C13H9N3O3. The van der Waals surface area contributed by atoms with Gasteiger partial charge in [-0.05, 0) is 12.1 Å². The lowest BCUT2D eigenvalue weighted by molar-refractivity contribution is -0.133. The van der Waals surface area contributed by atoms with Crippen molar-refractivity contribution in [1.82, 2.24) is 10.3 Å². The summed E-state index contributed by atoms with van der Waals surface area (Å²) in [5.74, 6) is -1.72. The Labute approximate surface area is 108 Å². The van der Waals surface area contributed by atoms with Crippen LogP contribution < -0.4 is 5.32 Å². The summed E-state index contributed by atoms with van der Waals surface area (Å²) in [5, 5.41) is 2.90. The fourth-order valence-corrected chi connectivity index (χ4v) is 1.38. The lowest BCUT2D eigenvalue weighted by atomic mass is 10.2. The number of amides is 3. The number of imide groups is 1. The molecule has 0 unspecified atom stereocenters. The number of carbonyl (C=O) groups excluding carboxylic acids is 3. The third kappa shape index (κ3) is 3.29. The molecule has 0 bridgehead atoms. The molecule has 1 aromatic heterocycles. The molecular weight excluding hydrogens is 246 g/mol. The van der Waals surface area contributed by atoms with Crippen LogP contribution >= 0.6 is 0 Å². The van der Waals surface area contributed by atoms with Gasteiger partial charge in [0.1, 0.15) is 0 Å². The number of hydrogen-bond donors (Lipinski definition) is 1. The number of benzene rings is 1. The number of hydrogen-bond acceptors (Lipinski definition) is 4. The standard InChI is InChI=1S/C9H7N.C4H2N2O3/c1-2-6-9-8(4-1)5-3-7-10-9;7-2-1-5-4(9)6-3(2)8/h1-7H;1H,(H,6,8,9). The second-order valence-electron chi connectivity index (χ2n) is 3.58. The van der Waals surface area contributed by atoms with Gasteiger partial charge in [0.25, 0.3) is 5.78 Å². The molecule has 0 saturated heterocycles. The van der Waals surface area contributed by atoms with E-state index in [0.29, 0.717) is 6.21 Å². The number of nitrogens with zero attached hydrogens (tertiary/aromatic N) is 2. The van der Waals surface area contributed by atoms with E-state index >= 15 is 0 Å². The van der Waals surface area contributed by atoms with E-state index in [1.165, 1.54) is 5.39 Å². The maximum atomic E-state index is 10.2. The number of rotatable bonds is 0. The zero-order valence-electron chi connectivity index (χ0n) is 9.74. The first kappa shape index (κ1) is 12.6. The van der Waals surface area contributed by atoms with Crippen LogP contribution in [0.4, 0.5) is 4.79 Å². The Morgan fingerprint density at radius 1 is 0.947 bits per heavy atom. The van der Waals surface area contributed by atoms with Gasteiger partial charge in [-0.2, -0.15) is 4.99 Å². The predicted octanol–water partition coefficient (Wildman–Crippen LogP) is 1.11. The summed E-state index contributed by atoms with van der Waals surface area (Å²) in [6, 6.07) is 11.3. The van der Waals surface area contributed by atoms with Crippen LogP contribution in [0.3, 0.4) is 0 Å². The number of para-hydroxylation sites is 1. The summed E-state index contributed by atoms with van der Waals surface area (Å²) < 4.78 is 0. The number of carbonyl (C=O) groups is 3. The van der Waals surface area contributed by atoms with E-state index in [9.17, 15) is 14.4 Å². The van der Waals surface area contributed by atoms with Crippen LogP contribution in [-0.2, 0) is 9.59 Å². The Hall–Kier alpha value is -2.89. The molecule has 6 nitrogen and oxygen atoms in total. The maximum absolute atomic E-state index is 10.2. The van der Waals surface area contributed by atoms with Gasteiger partial charge in [-0.1, -0.05) is 24.3 Å². The summed E-state index contributed by atoms with van der Waals surface area (Å²) >= 11 is 0. The first-order chi connectivity index (χ1) is 9.16. The largest absolute Gasteiger partial charge is 0.348 e. The molecule has 1 N–H and O–H groups in total. The van der Waals surface area contributed by atoms with E-state index in [4.69, 9.17) is 0 Å². The average molecular weight is 255 g/mol. The van der Waals surface area contributed by atoms with Crippen molar-refractivity contribution in [2.75, 3.05) is 0 Å². The molecule has 0 radical (unpaired) electrons. The first-order valence-corrected chi connectivity index (χ1v) is 5.40. The summed E-state index contributed by atoms with van der Waals surface area (Å²) in [6.45, 7) is 0.